The number of hydrogen-bond acceptors (Lipinski definition) is 2. The molecule has 1 aromatic heterocycles. The lowest BCUT2D eigenvalue weighted by molar-refractivity contribution is 0.261. The zero-order valence-electron chi connectivity index (χ0n) is 14.0. The van der Waals surface area contributed by atoms with Crippen LogP contribution < -0.4 is 5.32 Å². The smallest absolute Gasteiger partial charge is 0.0669 e. The second-order valence-electron chi connectivity index (χ2n) is 7.10. The van der Waals surface area contributed by atoms with Crippen molar-refractivity contribution in [2.75, 3.05) is 0 Å². The molecule has 1 N–H and O–H groups in total. The molecule has 3 nitrogen and oxygen atoms in total. The Kier molecular flexibility index (Phi) is 4.68. The van der Waals surface area contributed by atoms with Crippen LogP contribution in [0.3, 0.4) is 0 Å². The largest absolute Gasteiger partial charge is 0.310 e. The second kappa shape index (κ2) is 6.51. The number of rotatable bonds is 6. The van der Waals surface area contributed by atoms with E-state index in [4.69, 9.17) is 5.10 Å². The highest BCUT2D eigenvalue weighted by atomic mass is 15.3. The Morgan fingerprint density at radius 3 is 2.57 bits per heavy atom. The first-order chi connectivity index (χ1) is 10.2. The molecule has 21 heavy (non-hydrogen) atoms. The Morgan fingerprint density at radius 2 is 1.95 bits per heavy atom. The van der Waals surface area contributed by atoms with Gasteiger partial charge in [0, 0.05) is 23.8 Å². The van der Waals surface area contributed by atoms with E-state index in [1.165, 1.54) is 55.5 Å². The lowest BCUT2D eigenvalue weighted by Crippen LogP contribution is -2.21. The summed E-state index contributed by atoms with van der Waals surface area (Å²) in [4.78, 5) is 0. The molecule has 0 radical (unpaired) electrons. The summed E-state index contributed by atoms with van der Waals surface area (Å²) in [6.07, 6.45) is 10.3. The van der Waals surface area contributed by atoms with Gasteiger partial charge in [-0.15, -0.1) is 0 Å². The summed E-state index contributed by atoms with van der Waals surface area (Å²) in [6.45, 7) is 7.97. The number of aryl methyl sites for hydroxylation is 1. The molecule has 0 spiro atoms. The Hall–Kier alpha value is -0.830. The van der Waals surface area contributed by atoms with Crippen molar-refractivity contribution in [2.24, 2.45) is 5.92 Å². The van der Waals surface area contributed by atoms with Crippen LogP contribution in [0.25, 0.3) is 0 Å². The molecule has 2 unspecified atom stereocenters. The molecule has 3 heteroatoms. The molecular weight excluding hydrogens is 258 g/mol. The summed E-state index contributed by atoms with van der Waals surface area (Å²) in [5.74, 6) is 0.857. The fourth-order valence-corrected chi connectivity index (χ4v) is 3.88. The van der Waals surface area contributed by atoms with Gasteiger partial charge in [-0.2, -0.15) is 5.10 Å². The third-order valence-electron chi connectivity index (χ3n) is 5.27. The minimum absolute atomic E-state index is 0.642. The van der Waals surface area contributed by atoms with Crippen LogP contribution in [0.2, 0.25) is 0 Å². The molecule has 2 aliphatic rings. The molecule has 2 fully saturated rings. The maximum Gasteiger partial charge on any atom is 0.0669 e. The standard InChI is InChI=1S/C18H31N3/c1-4-17-16(12-19-14-9-10-14)18(5-2)21(20-17)15-8-6-7-13(3)11-15/h13-15,19H,4-12H2,1-3H3. The molecule has 3 rings (SSSR count). The van der Waals surface area contributed by atoms with E-state index in [0.717, 1.165) is 31.3 Å². The molecule has 2 saturated carbocycles. The topological polar surface area (TPSA) is 29.9 Å². The van der Waals surface area contributed by atoms with Crippen molar-refractivity contribution in [1.82, 2.24) is 15.1 Å². The van der Waals surface area contributed by atoms with Gasteiger partial charge in [0.2, 0.25) is 0 Å². The van der Waals surface area contributed by atoms with Crippen molar-refractivity contribution in [3.63, 3.8) is 0 Å². The van der Waals surface area contributed by atoms with Crippen LogP contribution >= 0.6 is 0 Å². The van der Waals surface area contributed by atoms with Gasteiger partial charge in [-0.05, 0) is 44.4 Å². The van der Waals surface area contributed by atoms with Crippen LogP contribution in [0.15, 0.2) is 0 Å². The lowest BCUT2D eigenvalue weighted by Gasteiger charge is -2.28. The summed E-state index contributed by atoms with van der Waals surface area (Å²) < 4.78 is 2.42. The third-order valence-corrected chi connectivity index (χ3v) is 5.27. The molecule has 0 aromatic carbocycles. The predicted molar refractivity (Wildman–Crippen MR) is 87.5 cm³/mol. The van der Waals surface area contributed by atoms with Gasteiger partial charge in [0.05, 0.1) is 11.7 Å². The van der Waals surface area contributed by atoms with Gasteiger partial charge in [0.1, 0.15) is 0 Å². The highest BCUT2D eigenvalue weighted by Gasteiger charge is 2.27. The quantitative estimate of drug-likeness (QED) is 0.857. The minimum Gasteiger partial charge on any atom is -0.310 e. The van der Waals surface area contributed by atoms with Gasteiger partial charge in [-0.25, -0.2) is 0 Å². The van der Waals surface area contributed by atoms with E-state index in [0.29, 0.717) is 6.04 Å². The van der Waals surface area contributed by atoms with E-state index in [1.807, 2.05) is 0 Å². The molecular formula is C18H31N3. The number of hydrogen-bond donors (Lipinski definition) is 1. The number of aromatic nitrogens is 2. The fourth-order valence-electron chi connectivity index (χ4n) is 3.88. The molecule has 2 atom stereocenters. The van der Waals surface area contributed by atoms with Crippen LogP contribution in [0.4, 0.5) is 0 Å². The second-order valence-corrected chi connectivity index (χ2v) is 7.10. The van der Waals surface area contributed by atoms with Crippen molar-refractivity contribution in [3.8, 4) is 0 Å². The molecule has 2 aliphatic carbocycles. The first-order valence-corrected chi connectivity index (χ1v) is 9.05. The van der Waals surface area contributed by atoms with Crippen LogP contribution in [0, 0.1) is 5.92 Å². The number of nitrogens with zero attached hydrogens (tertiary/aromatic N) is 2. The van der Waals surface area contributed by atoms with Gasteiger partial charge in [-0.1, -0.05) is 33.6 Å². The Balaban J connectivity index is 1.84. The molecule has 1 aromatic rings. The highest BCUT2D eigenvalue weighted by molar-refractivity contribution is 5.27. The van der Waals surface area contributed by atoms with Crippen LogP contribution in [-0.4, -0.2) is 15.8 Å². The molecule has 118 valence electrons. The monoisotopic (exact) mass is 289 g/mol. The summed E-state index contributed by atoms with van der Waals surface area (Å²) in [5, 5.41) is 8.73. The van der Waals surface area contributed by atoms with Crippen LogP contribution in [0.5, 0.6) is 0 Å². The summed E-state index contributed by atoms with van der Waals surface area (Å²) in [6, 6.07) is 1.42. The average Bonchev–Trinajstić information content (AvgIpc) is 3.24. The molecule has 0 aliphatic heterocycles. The molecule has 0 bridgehead atoms. The maximum absolute atomic E-state index is 5.03. The SMILES string of the molecule is CCc1nn(C2CCCC(C)C2)c(CC)c1CNC1CC1. The highest BCUT2D eigenvalue weighted by Crippen LogP contribution is 2.34. The maximum atomic E-state index is 5.03. The van der Waals surface area contributed by atoms with E-state index in [1.54, 1.807) is 0 Å². The predicted octanol–water partition coefficient (Wildman–Crippen LogP) is 4.01. The van der Waals surface area contributed by atoms with Gasteiger partial charge < -0.3 is 5.32 Å². The van der Waals surface area contributed by atoms with E-state index < -0.39 is 0 Å². The summed E-state index contributed by atoms with van der Waals surface area (Å²) in [5.41, 5.74) is 4.34. The molecule has 1 heterocycles. The zero-order chi connectivity index (χ0) is 14.8. The molecule has 0 amide bonds. The van der Waals surface area contributed by atoms with Gasteiger partial charge in [0.25, 0.3) is 0 Å². The van der Waals surface area contributed by atoms with E-state index in [9.17, 15) is 0 Å². The van der Waals surface area contributed by atoms with Crippen molar-refractivity contribution in [2.45, 2.75) is 90.8 Å². The van der Waals surface area contributed by atoms with Crippen molar-refractivity contribution in [1.29, 1.82) is 0 Å². The summed E-state index contributed by atoms with van der Waals surface area (Å²) >= 11 is 0. The van der Waals surface area contributed by atoms with Crippen molar-refractivity contribution < 1.29 is 0 Å². The normalized spacial score (nSPS) is 26.2. The lowest BCUT2D eigenvalue weighted by atomic mass is 9.87. The van der Waals surface area contributed by atoms with Gasteiger partial charge in [-0.3, -0.25) is 4.68 Å². The van der Waals surface area contributed by atoms with E-state index in [2.05, 4.69) is 30.8 Å². The van der Waals surface area contributed by atoms with E-state index in [-0.39, 0.29) is 0 Å². The first kappa shape index (κ1) is 15.1. The van der Waals surface area contributed by atoms with Crippen LogP contribution in [0.1, 0.15) is 82.3 Å². The fraction of sp³-hybridized carbons (Fsp3) is 0.833. The van der Waals surface area contributed by atoms with Crippen LogP contribution in [-0.2, 0) is 19.4 Å². The zero-order valence-corrected chi connectivity index (χ0v) is 14.0. The Bertz CT molecular complexity index is 473. The minimum atomic E-state index is 0.642. The van der Waals surface area contributed by atoms with Gasteiger partial charge >= 0.3 is 0 Å². The van der Waals surface area contributed by atoms with Gasteiger partial charge in [0.15, 0.2) is 0 Å². The van der Waals surface area contributed by atoms with Crippen molar-refractivity contribution in [3.05, 3.63) is 17.0 Å². The third kappa shape index (κ3) is 3.33. The molecule has 0 saturated heterocycles. The average molecular weight is 289 g/mol. The van der Waals surface area contributed by atoms with E-state index >= 15 is 0 Å². The number of nitrogens with one attached hydrogen (secondary N) is 1. The summed E-state index contributed by atoms with van der Waals surface area (Å²) in [7, 11) is 0. The van der Waals surface area contributed by atoms with Crippen molar-refractivity contribution >= 4 is 0 Å². The Morgan fingerprint density at radius 1 is 1.14 bits per heavy atom. The Labute approximate surface area is 129 Å². The first-order valence-electron chi connectivity index (χ1n) is 9.05.